The quantitative estimate of drug-likeness (QED) is 0.0417. The van der Waals surface area contributed by atoms with Crippen LogP contribution in [0.4, 0.5) is 17.1 Å². The molecule has 594 valence electrons. The molecule has 56 heteroatoms. The van der Waals surface area contributed by atoms with Gasteiger partial charge in [-0.3, -0.25) is 0 Å². The van der Waals surface area contributed by atoms with Crippen LogP contribution in [-0.2, 0) is 10.8 Å². The van der Waals surface area contributed by atoms with Crippen molar-refractivity contribution < 1.29 is 4.42 Å². The number of furan rings is 1. The van der Waals surface area contributed by atoms with E-state index in [0.717, 1.165) is 61.3 Å². The van der Waals surface area contributed by atoms with Gasteiger partial charge in [-0.05, 0) is 274 Å². The molecule has 0 fully saturated rings. The molecule has 11 rings (SSSR count). The zero-order valence-corrected chi connectivity index (χ0v) is 115. The first kappa shape index (κ1) is 109. The summed E-state index contributed by atoms with van der Waals surface area (Å²) in [5.74, 6) is 0. The van der Waals surface area contributed by atoms with E-state index in [1.54, 1.807) is 0 Å². The first-order chi connectivity index (χ1) is 51.8. The predicted octanol–water partition coefficient (Wildman–Crippen LogP) is 46.5. The Morgan fingerprint density at radius 3 is 0.791 bits per heavy atom. The maximum absolute atomic E-state index is 6.89. The first-order valence-corrected chi connectivity index (χ1v) is 130. The maximum atomic E-state index is 6.89. The van der Waals surface area contributed by atoms with Gasteiger partial charge < -0.3 is 9.32 Å². The Kier molecular flexibility index (Phi) is 49.8. The molecule has 29 atom stereocenters. The maximum Gasteiger partial charge on any atom is 0.143 e. The number of hydrogen-bond donors (Lipinski definition) is 0. The van der Waals surface area contributed by atoms with Crippen LogP contribution < -0.4 is 4.90 Å². The van der Waals surface area contributed by atoms with E-state index in [4.69, 9.17) is 4.42 Å². The molecule has 2 aliphatic carbocycles. The highest BCUT2D eigenvalue weighted by Gasteiger charge is 2.60. The van der Waals surface area contributed by atoms with E-state index in [-0.39, 0.29) is 193 Å². The monoisotopic (exact) mass is 2450 g/mol. The molecule has 8 aromatic carbocycles. The van der Waals surface area contributed by atoms with E-state index < -0.39 is 0 Å². The largest absolute Gasteiger partial charge is 0.455 e. The molecule has 0 spiro atoms. The van der Waals surface area contributed by atoms with Gasteiger partial charge in [0.05, 0.1) is 0 Å². The number of benzene rings is 8. The summed E-state index contributed by atoms with van der Waals surface area (Å²) >= 11 is 0. The smallest absolute Gasteiger partial charge is 0.143 e. The van der Waals surface area contributed by atoms with Crippen LogP contribution in [0.1, 0.15) is 49.9 Å². The SMILES string of the molecule is CC1(C)c2ccccc2-c2cc(N(c3cccc(-c4cccc5c4oc4c(-c6ccccc6)cccc45)c3)c3ccc4c(c3)-c3ccccc3C4(C)C)ccc21.PP(P)P(P(P)P)P(P(P(P)P)P(P)P)P(P(P(P)P)P(P)P)P(P(P(P(P)P)P(P)P)P(P(P)P)P(P)P)P(P(P(P)P)P(P)P)P(P(P)P)P(P)P. The van der Waals surface area contributed by atoms with E-state index >= 15 is 0 Å². The lowest BCUT2D eigenvalue weighted by molar-refractivity contribution is 0.660. The normalized spacial score (nSPS) is 14.7. The summed E-state index contributed by atoms with van der Waals surface area (Å²) in [7, 11) is 98.3. The van der Waals surface area contributed by atoms with Crippen LogP contribution in [0.5, 0.6) is 0 Å². The molecule has 2 aliphatic rings. The van der Waals surface area contributed by atoms with E-state index in [1.807, 2.05) is 0 Å². The van der Waals surface area contributed by atoms with E-state index in [9.17, 15) is 0 Å². The molecule has 0 radical (unpaired) electrons. The first-order valence-electron chi connectivity index (χ1n) is 31.9. The summed E-state index contributed by atoms with van der Waals surface area (Å²) in [6.07, 6.45) is 0. The molecular formula is C54H97NOP54. The standard InChI is InChI=1S/C54H41NO.H56P54/c1-53(2)47-25-10-8-19-41(47)45-32-37(27-29-49(45)53)55(38-28-30-50-46(33-38)42-20-9-11-26-48(42)54(50,3)4)36-18-12-17-35(31-36)40-22-14-24-44-43-23-13-21-39(51(43)56-52(40)44)34-15-6-5-7-16-34;1-29(2)43(30(3)4)50(44(31(5)6)32(7)8)53(49(41(25)26)42(27)28)54(51(45(33(9)10)34(11)12)46(35(13)14)36(15)16)52(47(37(17)18)38(19)20)48(39(21)22)40(23)24/h5-33H,1-4H3;1-28H2. The molecule has 1 aromatic heterocycles. The van der Waals surface area contributed by atoms with Gasteiger partial charge in [-0.15, -0.1) is 250 Å². The van der Waals surface area contributed by atoms with Crippen LogP contribution in [0, 0.1) is 0 Å². The van der Waals surface area contributed by atoms with Crippen molar-refractivity contribution in [2.45, 2.75) is 38.5 Å². The zero-order chi connectivity index (χ0) is 80.8. The fraction of sp³-hybridized carbons (Fsp3) is 0.111. The highest BCUT2D eigenvalue weighted by Crippen LogP contribution is 3.47. The van der Waals surface area contributed by atoms with Gasteiger partial charge in [-0.2, -0.15) is 0 Å². The molecule has 0 aliphatic heterocycles. The molecule has 2 nitrogen and oxygen atoms in total. The lowest BCUT2D eigenvalue weighted by Crippen LogP contribution is -2.16. The predicted molar refractivity (Wildman–Crippen MR) is 686 cm³/mol. The van der Waals surface area contributed by atoms with Gasteiger partial charge in [0.25, 0.3) is 0 Å². The van der Waals surface area contributed by atoms with Crippen molar-refractivity contribution >= 4 is 471 Å². The van der Waals surface area contributed by atoms with Gasteiger partial charge >= 0.3 is 0 Å². The molecule has 29 unspecified atom stereocenters. The van der Waals surface area contributed by atoms with E-state index in [0.29, 0.717) is 0 Å². The molecule has 0 bridgehead atoms. The Morgan fingerprint density at radius 2 is 0.464 bits per heavy atom. The van der Waals surface area contributed by atoms with Gasteiger partial charge in [0.15, 0.2) is 0 Å². The van der Waals surface area contributed by atoms with E-state index in [1.165, 1.54) is 44.5 Å². The van der Waals surface area contributed by atoms with Crippen molar-refractivity contribution in [1.29, 1.82) is 0 Å². The third-order valence-corrected chi connectivity index (χ3v) is 389. The zero-order valence-electron chi connectivity index (χ0n) is 59.9. The van der Waals surface area contributed by atoms with Crippen molar-refractivity contribution in [3.05, 3.63) is 198 Å². The van der Waals surface area contributed by atoms with Crippen LogP contribution in [0.15, 0.2) is 180 Å². The average molecular weight is 2450 g/mol. The van der Waals surface area contributed by atoms with Gasteiger partial charge in [-0.25, -0.2) is 0 Å². The fourth-order valence-electron chi connectivity index (χ4n) is 13.0. The van der Waals surface area contributed by atoms with Crippen molar-refractivity contribution in [2.75, 3.05) is 4.90 Å². The van der Waals surface area contributed by atoms with Crippen molar-refractivity contribution in [2.24, 2.45) is 0 Å². The van der Waals surface area contributed by atoms with Gasteiger partial charge in [0.1, 0.15) is 11.2 Å². The molecule has 0 amide bonds. The Balaban J connectivity index is 0.000000235. The molecule has 1 heterocycles. The highest BCUT2D eigenvalue weighted by atomic mass is 33.6. The Bertz CT molecular complexity index is 4310. The lowest BCUT2D eigenvalue weighted by Gasteiger charge is -2.59. The van der Waals surface area contributed by atoms with Crippen LogP contribution >= 0.6 is 432 Å². The number of hydrogen-bond acceptors (Lipinski definition) is 2. The topological polar surface area (TPSA) is 16.4 Å². The average Bonchev–Trinajstić information content (AvgIpc) is 1.50. The summed E-state index contributed by atoms with van der Waals surface area (Å²) in [6, 6.07) is 64.5. The summed E-state index contributed by atoms with van der Waals surface area (Å²) in [6.45, 7) is 4.38. The minimum absolute atomic E-state index is 0.0658. The summed E-state index contributed by atoms with van der Waals surface area (Å²) < 4.78 is 6.89. The summed E-state index contributed by atoms with van der Waals surface area (Å²) in [5, 5.41) is 2.25. The van der Waals surface area contributed by atoms with Crippen LogP contribution in [-0.4, -0.2) is 0 Å². The summed E-state index contributed by atoms with van der Waals surface area (Å²) in [5.41, 5.74) is 20.2. The fourth-order valence-corrected chi connectivity index (χ4v) is 788. The number of fused-ring (bicyclic) bond motifs is 9. The Labute approximate surface area is 752 Å². The molecule has 9 aromatic rings. The van der Waals surface area contributed by atoms with Gasteiger partial charge in [0, 0.05) is 49.8 Å². The third kappa shape index (κ3) is 26.0. The van der Waals surface area contributed by atoms with Crippen molar-refractivity contribution in [3.8, 4) is 44.5 Å². The molecule has 110 heavy (non-hydrogen) atoms. The Hall–Kier alpha value is 16.6. The number of anilines is 3. The second-order valence-corrected chi connectivity index (χ2v) is 247. The van der Waals surface area contributed by atoms with Crippen LogP contribution in [0.25, 0.3) is 66.4 Å². The van der Waals surface area contributed by atoms with Crippen molar-refractivity contribution in [1.82, 2.24) is 0 Å². The van der Waals surface area contributed by atoms with Crippen LogP contribution in [0.2, 0.25) is 0 Å². The molecule has 0 N–H and O–H groups in total. The van der Waals surface area contributed by atoms with Crippen LogP contribution in [0.3, 0.4) is 0 Å². The molecule has 0 saturated heterocycles. The minimum atomic E-state index is -0.233. The van der Waals surface area contributed by atoms with Crippen molar-refractivity contribution in [3.63, 3.8) is 0 Å². The number of rotatable bonds is 30. The summed E-state index contributed by atoms with van der Waals surface area (Å²) in [4.78, 5) is 2.44. The number of nitrogens with zero attached hydrogens (tertiary/aromatic N) is 1. The lowest BCUT2D eigenvalue weighted by atomic mass is 9.82. The molecular weight excluding hydrogens is 2350 g/mol. The second-order valence-electron chi connectivity index (χ2n) is 25.1. The third-order valence-electron chi connectivity index (χ3n) is 17.3. The minimum Gasteiger partial charge on any atom is -0.455 e. The van der Waals surface area contributed by atoms with E-state index in [2.05, 4.69) is 459 Å². The van der Waals surface area contributed by atoms with Gasteiger partial charge in [0.2, 0.25) is 0 Å². The number of para-hydroxylation sites is 2. The second kappa shape index (κ2) is 50.4. The molecule has 0 saturated carbocycles. The van der Waals surface area contributed by atoms with Gasteiger partial charge in [-0.1, -0.05) is 167 Å². The highest BCUT2D eigenvalue weighted by molar-refractivity contribution is 9.53. The Morgan fingerprint density at radius 1 is 0.218 bits per heavy atom.